The molecule has 2 aromatic rings. The number of carboxylic acid groups (broad SMARTS) is 1. The summed E-state index contributed by atoms with van der Waals surface area (Å²) in [5, 5.41) is 16.7. The van der Waals surface area contributed by atoms with E-state index in [9.17, 15) is 14.3 Å². The van der Waals surface area contributed by atoms with Crippen molar-refractivity contribution in [2.24, 2.45) is 5.92 Å². The molecule has 1 N–H and O–H groups in total. The molecule has 20 heavy (non-hydrogen) atoms. The van der Waals surface area contributed by atoms with Gasteiger partial charge in [0.2, 0.25) is 0 Å². The van der Waals surface area contributed by atoms with Gasteiger partial charge in [0, 0.05) is 12.1 Å². The van der Waals surface area contributed by atoms with Crippen LogP contribution in [0.25, 0.3) is 11.3 Å². The maximum Gasteiger partial charge on any atom is 0.358 e. The molecule has 0 atom stereocenters. The third kappa shape index (κ3) is 3.01. The number of aromatic nitrogens is 3. The minimum absolute atomic E-state index is 0.153. The summed E-state index contributed by atoms with van der Waals surface area (Å²) in [6, 6.07) is 5.79. The highest BCUT2D eigenvalue weighted by Crippen LogP contribution is 2.23. The first kappa shape index (κ1) is 14.2. The maximum absolute atomic E-state index is 13.3. The number of carbonyl (C=O) groups is 1. The SMILES string of the molecule is CC(C)CCn1nnc(C(=O)O)c1-c1cccc(F)c1. The molecule has 1 heterocycles. The molecular weight excluding hydrogens is 261 g/mol. The Morgan fingerprint density at radius 2 is 2.20 bits per heavy atom. The van der Waals surface area contributed by atoms with Gasteiger partial charge in [-0.25, -0.2) is 13.9 Å². The molecule has 0 radical (unpaired) electrons. The van der Waals surface area contributed by atoms with Crippen LogP contribution in [0.1, 0.15) is 30.8 Å². The fourth-order valence-corrected chi connectivity index (χ4v) is 1.92. The van der Waals surface area contributed by atoms with Gasteiger partial charge in [-0.1, -0.05) is 31.2 Å². The van der Waals surface area contributed by atoms with Gasteiger partial charge in [-0.2, -0.15) is 0 Å². The number of nitrogens with zero attached hydrogens (tertiary/aromatic N) is 3. The lowest BCUT2D eigenvalue weighted by Crippen LogP contribution is -2.07. The van der Waals surface area contributed by atoms with Crippen molar-refractivity contribution < 1.29 is 14.3 Å². The number of benzene rings is 1. The van der Waals surface area contributed by atoms with Crippen molar-refractivity contribution in [3.8, 4) is 11.3 Å². The van der Waals surface area contributed by atoms with Gasteiger partial charge >= 0.3 is 5.97 Å². The first-order chi connectivity index (χ1) is 9.49. The largest absolute Gasteiger partial charge is 0.476 e. The monoisotopic (exact) mass is 277 g/mol. The topological polar surface area (TPSA) is 68.0 Å². The van der Waals surface area contributed by atoms with E-state index in [4.69, 9.17) is 0 Å². The number of hydrogen-bond donors (Lipinski definition) is 1. The Balaban J connectivity index is 2.47. The molecule has 0 bridgehead atoms. The summed E-state index contributed by atoms with van der Waals surface area (Å²) in [4.78, 5) is 11.2. The summed E-state index contributed by atoms with van der Waals surface area (Å²) in [6.07, 6.45) is 0.838. The van der Waals surface area contributed by atoms with Crippen LogP contribution in [0, 0.1) is 11.7 Å². The van der Waals surface area contributed by atoms with E-state index in [0.717, 1.165) is 6.42 Å². The molecule has 1 aromatic carbocycles. The number of aryl methyl sites for hydroxylation is 1. The van der Waals surface area contributed by atoms with Crippen LogP contribution in [0.2, 0.25) is 0 Å². The van der Waals surface area contributed by atoms with Crippen molar-refractivity contribution in [1.29, 1.82) is 0 Å². The minimum Gasteiger partial charge on any atom is -0.476 e. The second kappa shape index (κ2) is 5.81. The van der Waals surface area contributed by atoms with E-state index in [1.807, 2.05) is 0 Å². The highest BCUT2D eigenvalue weighted by molar-refractivity contribution is 5.92. The van der Waals surface area contributed by atoms with Crippen LogP contribution in [0.5, 0.6) is 0 Å². The molecule has 0 aliphatic heterocycles. The Morgan fingerprint density at radius 3 is 2.80 bits per heavy atom. The molecule has 6 heteroatoms. The molecule has 0 aliphatic carbocycles. The second-order valence-electron chi connectivity index (χ2n) is 5.01. The molecule has 0 saturated heterocycles. The molecule has 5 nitrogen and oxygen atoms in total. The van der Waals surface area contributed by atoms with Gasteiger partial charge in [0.1, 0.15) is 11.5 Å². The van der Waals surface area contributed by atoms with Gasteiger partial charge < -0.3 is 5.11 Å². The Bertz CT molecular complexity index is 623. The van der Waals surface area contributed by atoms with Crippen molar-refractivity contribution in [3.05, 3.63) is 35.8 Å². The zero-order valence-corrected chi connectivity index (χ0v) is 11.4. The van der Waals surface area contributed by atoms with Crippen molar-refractivity contribution in [3.63, 3.8) is 0 Å². The highest BCUT2D eigenvalue weighted by Gasteiger charge is 2.20. The minimum atomic E-state index is -1.17. The Labute approximate surface area is 116 Å². The molecule has 0 fully saturated rings. The fourth-order valence-electron chi connectivity index (χ4n) is 1.92. The predicted molar refractivity (Wildman–Crippen MR) is 71.8 cm³/mol. The average molecular weight is 277 g/mol. The highest BCUT2D eigenvalue weighted by atomic mass is 19.1. The summed E-state index contributed by atoms with van der Waals surface area (Å²) in [7, 11) is 0. The number of aromatic carboxylic acids is 1. The third-order valence-electron chi connectivity index (χ3n) is 2.95. The molecule has 0 unspecified atom stereocenters. The van der Waals surface area contributed by atoms with Gasteiger partial charge in [0.25, 0.3) is 0 Å². The van der Waals surface area contributed by atoms with Crippen LogP contribution in [-0.2, 0) is 6.54 Å². The third-order valence-corrected chi connectivity index (χ3v) is 2.95. The first-order valence-corrected chi connectivity index (χ1v) is 6.41. The van der Waals surface area contributed by atoms with E-state index in [1.54, 1.807) is 6.07 Å². The quantitative estimate of drug-likeness (QED) is 0.912. The van der Waals surface area contributed by atoms with Gasteiger partial charge in [-0.15, -0.1) is 5.10 Å². The first-order valence-electron chi connectivity index (χ1n) is 6.41. The normalized spacial score (nSPS) is 11.0. The molecule has 0 aliphatic rings. The summed E-state index contributed by atoms with van der Waals surface area (Å²) < 4.78 is 14.9. The van der Waals surface area contributed by atoms with Crippen LogP contribution < -0.4 is 0 Å². The Hall–Kier alpha value is -2.24. The molecule has 0 amide bonds. The van der Waals surface area contributed by atoms with Crippen molar-refractivity contribution in [1.82, 2.24) is 15.0 Å². The molecule has 2 rings (SSSR count). The maximum atomic E-state index is 13.3. The van der Waals surface area contributed by atoms with Crippen LogP contribution >= 0.6 is 0 Å². The number of rotatable bonds is 5. The van der Waals surface area contributed by atoms with E-state index in [1.165, 1.54) is 22.9 Å². The van der Waals surface area contributed by atoms with Gasteiger partial charge in [-0.05, 0) is 24.5 Å². The summed E-state index contributed by atoms with van der Waals surface area (Å²) >= 11 is 0. The number of carboxylic acids is 1. The summed E-state index contributed by atoms with van der Waals surface area (Å²) in [6.45, 7) is 4.68. The lowest BCUT2D eigenvalue weighted by Gasteiger charge is -2.09. The van der Waals surface area contributed by atoms with Crippen molar-refractivity contribution >= 4 is 5.97 Å². The smallest absolute Gasteiger partial charge is 0.358 e. The van der Waals surface area contributed by atoms with Crippen LogP contribution in [0.3, 0.4) is 0 Å². The lowest BCUT2D eigenvalue weighted by atomic mass is 10.1. The van der Waals surface area contributed by atoms with E-state index >= 15 is 0 Å². The number of halogens is 1. The van der Waals surface area contributed by atoms with Gasteiger partial charge in [-0.3, -0.25) is 0 Å². The van der Waals surface area contributed by atoms with E-state index in [2.05, 4.69) is 24.2 Å². The van der Waals surface area contributed by atoms with E-state index in [-0.39, 0.29) is 5.69 Å². The Kier molecular flexibility index (Phi) is 4.12. The van der Waals surface area contributed by atoms with Crippen molar-refractivity contribution in [2.45, 2.75) is 26.8 Å². The summed E-state index contributed by atoms with van der Waals surface area (Å²) in [5.41, 5.74) is 0.660. The van der Waals surface area contributed by atoms with Crippen molar-refractivity contribution in [2.75, 3.05) is 0 Å². The summed E-state index contributed by atoms with van der Waals surface area (Å²) in [5.74, 6) is -1.14. The zero-order chi connectivity index (χ0) is 14.7. The van der Waals surface area contributed by atoms with E-state index < -0.39 is 11.8 Å². The standard InChI is InChI=1S/C14H16FN3O2/c1-9(2)6-7-18-13(12(14(19)20)16-17-18)10-4-3-5-11(15)8-10/h3-5,8-9H,6-7H2,1-2H3,(H,19,20). The molecule has 106 valence electrons. The Morgan fingerprint density at radius 1 is 1.45 bits per heavy atom. The second-order valence-corrected chi connectivity index (χ2v) is 5.01. The zero-order valence-electron chi connectivity index (χ0n) is 11.4. The molecule has 0 spiro atoms. The lowest BCUT2D eigenvalue weighted by molar-refractivity contribution is 0.0691. The molecule has 0 saturated carbocycles. The van der Waals surface area contributed by atoms with E-state index in [0.29, 0.717) is 23.7 Å². The number of hydrogen-bond acceptors (Lipinski definition) is 3. The van der Waals surface area contributed by atoms with Crippen LogP contribution in [0.15, 0.2) is 24.3 Å². The van der Waals surface area contributed by atoms with Crippen LogP contribution in [-0.4, -0.2) is 26.1 Å². The van der Waals surface area contributed by atoms with Gasteiger partial charge in [0.15, 0.2) is 5.69 Å². The fraction of sp³-hybridized carbons (Fsp3) is 0.357. The van der Waals surface area contributed by atoms with Crippen LogP contribution in [0.4, 0.5) is 4.39 Å². The predicted octanol–water partition coefficient (Wildman–Crippen LogP) is 2.83. The average Bonchev–Trinajstić information content (AvgIpc) is 2.80. The molecular formula is C14H16FN3O2. The molecule has 1 aromatic heterocycles. The van der Waals surface area contributed by atoms with Gasteiger partial charge in [0.05, 0.1) is 0 Å².